The molecule has 1 heterocycles. The van der Waals surface area contributed by atoms with Gasteiger partial charge in [0, 0.05) is 23.8 Å². The van der Waals surface area contributed by atoms with E-state index in [4.69, 9.17) is 11.6 Å². The summed E-state index contributed by atoms with van der Waals surface area (Å²) in [7, 11) is 0. The van der Waals surface area contributed by atoms with E-state index in [-0.39, 0.29) is 24.9 Å². The number of hydrogen-bond acceptors (Lipinski definition) is 3. The molecule has 6 nitrogen and oxygen atoms in total. The second-order valence-corrected chi connectivity index (χ2v) is 6.50. The van der Waals surface area contributed by atoms with Gasteiger partial charge in [0.25, 0.3) is 5.56 Å². The fraction of sp³-hybridized carbons (Fsp3) is 0.353. The molecule has 1 aromatic carbocycles. The highest BCUT2D eigenvalue weighted by molar-refractivity contribution is 6.31. The molecule has 2 N–H and O–H groups in total. The predicted molar refractivity (Wildman–Crippen MR) is 91.3 cm³/mol. The molecule has 0 bridgehead atoms. The van der Waals surface area contributed by atoms with Crippen LogP contribution in [-0.4, -0.2) is 15.5 Å². The number of carbonyl (C=O) groups excluding carboxylic acids is 1. The molecular formula is C17H18ClN3O3. The van der Waals surface area contributed by atoms with Crippen LogP contribution in [0.3, 0.4) is 0 Å². The van der Waals surface area contributed by atoms with E-state index in [2.05, 4.69) is 10.3 Å². The first kappa shape index (κ1) is 16.5. The summed E-state index contributed by atoms with van der Waals surface area (Å²) in [5.74, 6) is -0.210. The van der Waals surface area contributed by atoms with E-state index >= 15 is 0 Å². The summed E-state index contributed by atoms with van der Waals surface area (Å²) in [4.78, 5) is 37.9. The van der Waals surface area contributed by atoms with Crippen LogP contribution >= 0.6 is 11.6 Å². The highest BCUT2D eigenvalue weighted by Gasteiger charge is 2.25. The van der Waals surface area contributed by atoms with Gasteiger partial charge in [-0.1, -0.05) is 23.7 Å². The molecule has 1 saturated carbocycles. The van der Waals surface area contributed by atoms with Gasteiger partial charge >= 0.3 is 5.69 Å². The number of H-pyrrole nitrogens is 1. The number of hydrogen-bond donors (Lipinski definition) is 2. The molecule has 1 aliphatic carbocycles. The lowest BCUT2D eigenvalue weighted by atomic mass is 10.1. The predicted octanol–water partition coefficient (Wildman–Crippen LogP) is 1.69. The summed E-state index contributed by atoms with van der Waals surface area (Å²) in [5, 5.41) is 3.33. The fourth-order valence-electron chi connectivity index (χ4n) is 2.46. The maximum Gasteiger partial charge on any atom is 0.328 e. The Labute approximate surface area is 143 Å². The zero-order chi connectivity index (χ0) is 17.3. The highest BCUT2D eigenvalue weighted by atomic mass is 35.5. The van der Waals surface area contributed by atoms with Crippen LogP contribution in [0, 0.1) is 6.92 Å². The zero-order valence-electron chi connectivity index (χ0n) is 13.3. The zero-order valence-corrected chi connectivity index (χ0v) is 14.0. The monoisotopic (exact) mass is 347 g/mol. The SMILES string of the molecule is Cc1ccc(CC(=O)NCc2cn(C3CC3)c(=O)[nH]c2=O)cc1Cl. The van der Waals surface area contributed by atoms with Crippen LogP contribution in [0.4, 0.5) is 0 Å². The molecule has 24 heavy (non-hydrogen) atoms. The number of benzene rings is 1. The van der Waals surface area contributed by atoms with Gasteiger partial charge in [0.2, 0.25) is 5.91 Å². The molecule has 2 aromatic rings. The minimum absolute atomic E-state index is 0.0841. The molecule has 0 spiro atoms. The molecule has 1 aromatic heterocycles. The van der Waals surface area contributed by atoms with Gasteiger partial charge in [0.15, 0.2) is 0 Å². The number of aromatic nitrogens is 2. The molecule has 1 fully saturated rings. The van der Waals surface area contributed by atoms with Gasteiger partial charge in [-0.25, -0.2) is 4.79 Å². The van der Waals surface area contributed by atoms with Crippen LogP contribution < -0.4 is 16.6 Å². The van der Waals surface area contributed by atoms with E-state index in [1.165, 1.54) is 4.57 Å². The van der Waals surface area contributed by atoms with Gasteiger partial charge < -0.3 is 5.32 Å². The third-order valence-corrected chi connectivity index (χ3v) is 4.47. The Hall–Kier alpha value is -2.34. The van der Waals surface area contributed by atoms with Gasteiger partial charge in [-0.05, 0) is 37.0 Å². The van der Waals surface area contributed by atoms with Crippen molar-refractivity contribution in [3.05, 3.63) is 66.9 Å². The van der Waals surface area contributed by atoms with Crippen molar-refractivity contribution < 1.29 is 4.79 Å². The third-order valence-electron chi connectivity index (χ3n) is 4.06. The summed E-state index contributed by atoms with van der Waals surface area (Å²) < 4.78 is 1.53. The van der Waals surface area contributed by atoms with Gasteiger partial charge in [0.05, 0.1) is 12.0 Å². The second kappa shape index (κ2) is 6.65. The van der Waals surface area contributed by atoms with Crippen LogP contribution in [0.1, 0.15) is 35.6 Å². The molecule has 0 radical (unpaired) electrons. The first-order valence-electron chi connectivity index (χ1n) is 7.80. The van der Waals surface area contributed by atoms with Crippen molar-refractivity contribution in [3.63, 3.8) is 0 Å². The molecule has 1 amide bonds. The summed E-state index contributed by atoms with van der Waals surface area (Å²) >= 11 is 6.05. The normalized spacial score (nSPS) is 13.8. The van der Waals surface area contributed by atoms with Crippen LogP contribution in [0.15, 0.2) is 34.0 Å². The average molecular weight is 348 g/mol. The van der Waals surface area contributed by atoms with E-state index in [1.807, 2.05) is 19.1 Å². The first-order valence-corrected chi connectivity index (χ1v) is 8.18. The van der Waals surface area contributed by atoms with E-state index in [0.29, 0.717) is 10.6 Å². The van der Waals surface area contributed by atoms with Crippen molar-refractivity contribution in [2.45, 2.75) is 38.8 Å². The minimum Gasteiger partial charge on any atom is -0.351 e. The molecule has 0 atom stereocenters. The van der Waals surface area contributed by atoms with Gasteiger partial charge in [-0.15, -0.1) is 0 Å². The molecule has 3 rings (SSSR count). The summed E-state index contributed by atoms with van der Waals surface area (Å²) in [6.07, 6.45) is 3.60. The molecule has 1 aliphatic rings. The topological polar surface area (TPSA) is 84.0 Å². The summed E-state index contributed by atoms with van der Waals surface area (Å²) in [6.45, 7) is 1.98. The van der Waals surface area contributed by atoms with Gasteiger partial charge in [0.1, 0.15) is 0 Å². The lowest BCUT2D eigenvalue weighted by Crippen LogP contribution is -2.34. The van der Waals surface area contributed by atoms with Crippen molar-refractivity contribution in [1.29, 1.82) is 0 Å². The largest absolute Gasteiger partial charge is 0.351 e. The van der Waals surface area contributed by atoms with E-state index in [1.54, 1.807) is 12.3 Å². The van der Waals surface area contributed by atoms with Crippen molar-refractivity contribution >= 4 is 17.5 Å². The summed E-state index contributed by atoms with van der Waals surface area (Å²) in [6, 6.07) is 5.64. The van der Waals surface area contributed by atoms with Gasteiger partial charge in [-0.3, -0.25) is 19.1 Å². The van der Waals surface area contributed by atoms with Crippen molar-refractivity contribution in [2.24, 2.45) is 0 Å². The molecule has 0 saturated heterocycles. The molecule has 126 valence electrons. The van der Waals surface area contributed by atoms with Gasteiger partial charge in [-0.2, -0.15) is 0 Å². The molecule has 0 unspecified atom stereocenters. The Kier molecular flexibility index (Phi) is 4.57. The standard InChI is InChI=1S/C17H18ClN3O3/c1-10-2-3-11(6-14(10)18)7-15(22)19-8-12-9-21(13-4-5-13)17(24)20-16(12)23/h2-3,6,9,13H,4-5,7-8H2,1H3,(H,19,22)(H,20,23,24). The Balaban J connectivity index is 1.66. The number of halogens is 1. The lowest BCUT2D eigenvalue weighted by molar-refractivity contribution is -0.120. The van der Waals surface area contributed by atoms with Crippen LogP contribution in [-0.2, 0) is 17.8 Å². The maximum atomic E-state index is 12.1. The Morgan fingerprint density at radius 1 is 1.38 bits per heavy atom. The third kappa shape index (κ3) is 3.76. The number of nitrogens with zero attached hydrogens (tertiary/aromatic N) is 1. The number of aryl methyl sites for hydroxylation is 1. The van der Waals surface area contributed by atoms with E-state index < -0.39 is 11.2 Å². The van der Waals surface area contributed by atoms with Crippen LogP contribution in [0.2, 0.25) is 5.02 Å². The van der Waals surface area contributed by atoms with Crippen LogP contribution in [0.5, 0.6) is 0 Å². The number of amides is 1. The molecule has 0 aliphatic heterocycles. The Morgan fingerprint density at radius 2 is 2.12 bits per heavy atom. The number of carbonyl (C=O) groups is 1. The van der Waals surface area contributed by atoms with Crippen molar-refractivity contribution in [2.75, 3.05) is 0 Å². The number of nitrogens with one attached hydrogen (secondary N) is 2. The smallest absolute Gasteiger partial charge is 0.328 e. The maximum absolute atomic E-state index is 12.1. The molecule has 7 heteroatoms. The van der Waals surface area contributed by atoms with E-state index in [9.17, 15) is 14.4 Å². The molecular weight excluding hydrogens is 330 g/mol. The summed E-state index contributed by atoms with van der Waals surface area (Å²) in [5.41, 5.74) is 1.27. The highest BCUT2D eigenvalue weighted by Crippen LogP contribution is 2.32. The van der Waals surface area contributed by atoms with Crippen molar-refractivity contribution in [1.82, 2.24) is 14.9 Å². The number of rotatable bonds is 5. The lowest BCUT2D eigenvalue weighted by Gasteiger charge is -2.08. The average Bonchev–Trinajstić information content (AvgIpc) is 3.35. The minimum atomic E-state index is -0.462. The fourth-order valence-corrected chi connectivity index (χ4v) is 2.67. The quantitative estimate of drug-likeness (QED) is 0.863. The Bertz CT molecular complexity index is 897. The number of aromatic amines is 1. The first-order chi connectivity index (χ1) is 11.4. The Morgan fingerprint density at radius 3 is 2.79 bits per heavy atom. The second-order valence-electron chi connectivity index (χ2n) is 6.09. The van der Waals surface area contributed by atoms with Crippen LogP contribution in [0.25, 0.3) is 0 Å². The van der Waals surface area contributed by atoms with E-state index in [0.717, 1.165) is 24.0 Å². The van der Waals surface area contributed by atoms with Crippen molar-refractivity contribution in [3.8, 4) is 0 Å².